The zero-order valence-electron chi connectivity index (χ0n) is 16.5. The number of rotatable bonds is 4. The van der Waals surface area contributed by atoms with E-state index in [2.05, 4.69) is 4.99 Å². The monoisotopic (exact) mass is 356 g/mol. The van der Waals surface area contributed by atoms with E-state index < -0.39 is 11.8 Å². The van der Waals surface area contributed by atoms with Crippen LogP contribution in [-0.2, 0) is 9.47 Å². The van der Waals surface area contributed by atoms with Gasteiger partial charge in [-0.2, -0.15) is 0 Å². The first-order valence-corrected chi connectivity index (χ1v) is 8.58. The molecule has 1 aliphatic rings. The molecule has 1 rings (SSSR count). The molecule has 0 aromatic rings. The van der Waals surface area contributed by atoms with Crippen LogP contribution in [0.3, 0.4) is 0 Å². The van der Waals surface area contributed by atoms with Crippen LogP contribution in [0.15, 0.2) is 4.99 Å². The SMILES string of the molecule is C/N=C\N(C(=O)N(C)C1CCN(C(=O)OC(C)(C)C)CC1)C(C)OC. The maximum Gasteiger partial charge on any atom is 0.410 e. The van der Waals surface area contributed by atoms with Crippen LogP contribution in [0.1, 0.15) is 40.5 Å². The topological polar surface area (TPSA) is 74.7 Å². The van der Waals surface area contributed by atoms with E-state index in [1.165, 1.54) is 11.2 Å². The summed E-state index contributed by atoms with van der Waals surface area (Å²) in [6.07, 6.45) is 2.19. The van der Waals surface area contributed by atoms with Crippen molar-refractivity contribution in [3.8, 4) is 0 Å². The van der Waals surface area contributed by atoms with E-state index in [-0.39, 0.29) is 18.2 Å². The Labute approximate surface area is 150 Å². The third-order valence-electron chi connectivity index (χ3n) is 4.16. The Bertz CT molecular complexity index is 482. The second-order valence-corrected chi connectivity index (χ2v) is 7.21. The van der Waals surface area contributed by atoms with Gasteiger partial charge in [-0.15, -0.1) is 0 Å². The average Bonchev–Trinajstić information content (AvgIpc) is 2.56. The second-order valence-electron chi connectivity index (χ2n) is 7.21. The largest absolute Gasteiger partial charge is 0.444 e. The summed E-state index contributed by atoms with van der Waals surface area (Å²) < 4.78 is 10.6. The van der Waals surface area contributed by atoms with E-state index in [4.69, 9.17) is 9.47 Å². The lowest BCUT2D eigenvalue weighted by Gasteiger charge is -2.39. The van der Waals surface area contributed by atoms with E-state index in [0.29, 0.717) is 25.9 Å². The minimum atomic E-state index is -0.503. The molecule has 8 heteroatoms. The number of hydrogen-bond acceptors (Lipinski definition) is 5. The molecule has 8 nitrogen and oxygen atoms in total. The summed E-state index contributed by atoms with van der Waals surface area (Å²) in [5, 5.41) is 0. The van der Waals surface area contributed by atoms with Gasteiger partial charge < -0.3 is 19.3 Å². The second kappa shape index (κ2) is 9.03. The van der Waals surface area contributed by atoms with Crippen LogP contribution in [0.4, 0.5) is 9.59 Å². The molecule has 0 radical (unpaired) electrons. The van der Waals surface area contributed by atoms with E-state index in [1.807, 2.05) is 20.8 Å². The Balaban J connectivity index is 2.63. The number of hydrogen-bond donors (Lipinski definition) is 0. The van der Waals surface area contributed by atoms with Crippen LogP contribution in [0.25, 0.3) is 0 Å². The Morgan fingerprint density at radius 1 is 1.28 bits per heavy atom. The lowest BCUT2D eigenvalue weighted by molar-refractivity contribution is 0.0133. The van der Waals surface area contributed by atoms with Gasteiger partial charge in [0.1, 0.15) is 11.8 Å². The van der Waals surface area contributed by atoms with Gasteiger partial charge in [0, 0.05) is 40.3 Å². The van der Waals surface area contributed by atoms with E-state index in [1.54, 1.807) is 37.9 Å². The number of methoxy groups -OCH3 is 1. The van der Waals surface area contributed by atoms with Crippen molar-refractivity contribution in [2.24, 2.45) is 4.99 Å². The van der Waals surface area contributed by atoms with Crippen molar-refractivity contribution in [1.82, 2.24) is 14.7 Å². The summed E-state index contributed by atoms with van der Waals surface area (Å²) in [7, 11) is 4.94. The molecule has 1 heterocycles. The van der Waals surface area contributed by atoms with Gasteiger partial charge >= 0.3 is 12.1 Å². The van der Waals surface area contributed by atoms with E-state index in [0.717, 1.165) is 0 Å². The highest BCUT2D eigenvalue weighted by molar-refractivity contribution is 5.86. The molecular formula is C17H32N4O4. The van der Waals surface area contributed by atoms with Crippen LogP contribution in [-0.4, -0.2) is 85.3 Å². The number of aliphatic imine (C=N–C) groups is 1. The van der Waals surface area contributed by atoms with E-state index in [9.17, 15) is 9.59 Å². The number of likely N-dealkylation sites (tertiary alicyclic amines) is 1. The highest BCUT2D eigenvalue weighted by Crippen LogP contribution is 2.19. The number of urea groups is 1. The molecule has 25 heavy (non-hydrogen) atoms. The molecule has 1 atom stereocenters. The molecule has 0 bridgehead atoms. The van der Waals surface area contributed by atoms with Gasteiger partial charge in [-0.1, -0.05) is 0 Å². The molecule has 1 fully saturated rings. The van der Waals surface area contributed by atoms with Crippen molar-refractivity contribution in [2.75, 3.05) is 34.3 Å². The molecule has 0 saturated carbocycles. The molecular weight excluding hydrogens is 324 g/mol. The summed E-state index contributed by atoms with van der Waals surface area (Å²) in [5.74, 6) is 0. The van der Waals surface area contributed by atoms with Crippen molar-refractivity contribution < 1.29 is 19.1 Å². The van der Waals surface area contributed by atoms with Gasteiger partial charge in [0.05, 0.1) is 6.34 Å². The van der Waals surface area contributed by atoms with Gasteiger partial charge in [0.15, 0.2) is 0 Å². The van der Waals surface area contributed by atoms with Crippen LogP contribution < -0.4 is 0 Å². The summed E-state index contributed by atoms with van der Waals surface area (Å²) in [5.41, 5.74) is -0.503. The number of carbonyl (C=O) groups is 2. The number of ether oxygens (including phenoxy) is 2. The van der Waals surface area contributed by atoms with Crippen LogP contribution in [0.5, 0.6) is 0 Å². The van der Waals surface area contributed by atoms with Crippen molar-refractivity contribution in [3.05, 3.63) is 0 Å². The molecule has 1 unspecified atom stereocenters. The van der Waals surface area contributed by atoms with Crippen LogP contribution in [0.2, 0.25) is 0 Å². The molecule has 0 aromatic carbocycles. The smallest absolute Gasteiger partial charge is 0.410 e. The number of amides is 3. The molecule has 1 aliphatic heterocycles. The summed E-state index contributed by atoms with van der Waals surface area (Å²) in [6, 6.07) is -0.112. The number of piperidine rings is 1. The molecule has 0 aliphatic carbocycles. The summed E-state index contributed by atoms with van der Waals surface area (Å²) >= 11 is 0. The lowest BCUT2D eigenvalue weighted by Crippen LogP contribution is -2.53. The Hall–Kier alpha value is -1.83. The molecule has 1 saturated heterocycles. The van der Waals surface area contributed by atoms with Gasteiger partial charge in [-0.25, -0.2) is 9.59 Å². The van der Waals surface area contributed by atoms with Crippen LogP contribution in [0, 0.1) is 0 Å². The standard InChI is InChI=1S/C17H32N4O4/c1-13(24-7)21(12-18-5)15(22)19(6)14-8-10-20(11-9-14)16(23)25-17(2,3)4/h12-14H,8-11H2,1-7H3/b18-12-. The van der Waals surface area contributed by atoms with Crippen molar-refractivity contribution >= 4 is 18.5 Å². The predicted molar refractivity (Wildman–Crippen MR) is 96.7 cm³/mol. The number of nitrogens with zero attached hydrogens (tertiary/aromatic N) is 4. The average molecular weight is 356 g/mol. The quantitative estimate of drug-likeness (QED) is 0.440. The molecule has 144 valence electrons. The summed E-state index contributed by atoms with van der Waals surface area (Å²) in [4.78, 5) is 33.6. The zero-order chi connectivity index (χ0) is 19.2. The zero-order valence-corrected chi connectivity index (χ0v) is 16.5. The molecule has 3 amide bonds. The fraction of sp³-hybridized carbons (Fsp3) is 0.824. The molecule has 0 spiro atoms. The van der Waals surface area contributed by atoms with Crippen molar-refractivity contribution in [3.63, 3.8) is 0 Å². The molecule has 0 N–H and O–H groups in total. The first-order valence-electron chi connectivity index (χ1n) is 8.58. The van der Waals surface area contributed by atoms with E-state index >= 15 is 0 Å². The predicted octanol–water partition coefficient (Wildman–Crippen LogP) is 2.39. The third kappa shape index (κ3) is 6.19. The highest BCUT2D eigenvalue weighted by atomic mass is 16.6. The first-order chi connectivity index (χ1) is 11.6. The van der Waals surface area contributed by atoms with Crippen molar-refractivity contribution in [2.45, 2.75) is 58.4 Å². The Morgan fingerprint density at radius 3 is 2.28 bits per heavy atom. The summed E-state index contributed by atoms with van der Waals surface area (Å²) in [6.45, 7) is 8.48. The fourth-order valence-corrected chi connectivity index (χ4v) is 2.64. The van der Waals surface area contributed by atoms with Crippen molar-refractivity contribution in [1.29, 1.82) is 0 Å². The maximum absolute atomic E-state index is 12.7. The number of carbonyl (C=O) groups excluding carboxylic acids is 2. The van der Waals surface area contributed by atoms with Crippen LogP contribution >= 0.6 is 0 Å². The Kier molecular flexibility index (Phi) is 7.66. The van der Waals surface area contributed by atoms with Gasteiger partial charge in [-0.05, 0) is 40.5 Å². The first kappa shape index (κ1) is 21.2. The van der Waals surface area contributed by atoms with Gasteiger partial charge in [0.25, 0.3) is 0 Å². The molecule has 0 aromatic heterocycles. The highest BCUT2D eigenvalue weighted by Gasteiger charge is 2.32. The lowest BCUT2D eigenvalue weighted by atomic mass is 10.0. The normalized spacial score (nSPS) is 17.5. The fourth-order valence-electron chi connectivity index (χ4n) is 2.64. The maximum atomic E-state index is 12.7. The Morgan fingerprint density at radius 2 is 1.84 bits per heavy atom. The minimum Gasteiger partial charge on any atom is -0.444 e. The van der Waals surface area contributed by atoms with Gasteiger partial charge in [-0.3, -0.25) is 9.89 Å². The van der Waals surface area contributed by atoms with Gasteiger partial charge in [0.2, 0.25) is 0 Å². The minimum absolute atomic E-state index is 0.0583. The third-order valence-corrected chi connectivity index (χ3v) is 4.16.